The number of benzene rings is 2. The Kier molecular flexibility index (Phi) is 4.29. The second-order valence-corrected chi connectivity index (χ2v) is 4.96. The predicted octanol–water partition coefficient (Wildman–Crippen LogP) is 1.60. The van der Waals surface area contributed by atoms with Gasteiger partial charge in [0.05, 0.1) is 22.1 Å². The van der Waals surface area contributed by atoms with Crippen LogP contribution in [-0.2, 0) is 0 Å². The van der Waals surface area contributed by atoms with E-state index in [4.69, 9.17) is 0 Å². The van der Waals surface area contributed by atoms with Crippen molar-refractivity contribution >= 4 is 28.6 Å². The third-order valence-electron chi connectivity index (χ3n) is 3.41. The second kappa shape index (κ2) is 6.71. The molecular formula is C16H11N5O4. The van der Waals surface area contributed by atoms with Crippen molar-refractivity contribution in [2.24, 2.45) is 5.10 Å². The third kappa shape index (κ3) is 3.24. The Labute approximate surface area is 140 Å². The van der Waals surface area contributed by atoms with E-state index in [0.29, 0.717) is 10.8 Å². The number of carbonyl (C=O) groups excluding carboxylic acids is 1. The summed E-state index contributed by atoms with van der Waals surface area (Å²) >= 11 is 0. The van der Waals surface area contributed by atoms with Gasteiger partial charge in [-0.3, -0.25) is 19.7 Å². The first kappa shape index (κ1) is 16.0. The summed E-state index contributed by atoms with van der Waals surface area (Å²) in [7, 11) is 0. The predicted molar refractivity (Wildman–Crippen MR) is 90.5 cm³/mol. The number of para-hydroxylation sites is 1. The fourth-order valence-electron chi connectivity index (χ4n) is 2.26. The molecule has 0 radical (unpaired) electrons. The number of nitrogens with zero attached hydrogens (tertiary/aromatic N) is 3. The molecule has 1 amide bonds. The molecule has 0 fully saturated rings. The minimum absolute atomic E-state index is 0.00471. The Hall–Kier alpha value is -3.88. The van der Waals surface area contributed by atoms with Gasteiger partial charge in [0.15, 0.2) is 5.69 Å². The maximum absolute atomic E-state index is 12.2. The van der Waals surface area contributed by atoms with Gasteiger partial charge < -0.3 is 0 Å². The molecule has 1 aromatic heterocycles. The van der Waals surface area contributed by atoms with Crippen molar-refractivity contribution in [3.63, 3.8) is 0 Å². The summed E-state index contributed by atoms with van der Waals surface area (Å²) in [4.78, 5) is 34.3. The number of hydrogen-bond donors (Lipinski definition) is 2. The molecule has 0 aliphatic carbocycles. The monoisotopic (exact) mass is 337 g/mol. The van der Waals surface area contributed by atoms with Crippen LogP contribution in [0.15, 0.2) is 58.4 Å². The number of hydrogen-bond acceptors (Lipinski definition) is 6. The zero-order valence-corrected chi connectivity index (χ0v) is 12.7. The summed E-state index contributed by atoms with van der Waals surface area (Å²) in [6, 6.07) is 12.5. The number of nitrogens with one attached hydrogen (secondary N) is 2. The molecule has 124 valence electrons. The van der Waals surface area contributed by atoms with Gasteiger partial charge in [-0.2, -0.15) is 10.2 Å². The Morgan fingerprint density at radius 2 is 1.84 bits per heavy atom. The molecule has 1 heterocycles. The van der Waals surface area contributed by atoms with Crippen LogP contribution < -0.4 is 11.0 Å². The molecule has 9 nitrogen and oxygen atoms in total. The molecule has 0 aliphatic rings. The average molecular weight is 337 g/mol. The standard InChI is InChI=1S/C16H11N5O4/c22-15-12-7-3-2-6-11(12)14(18-20-15)16(23)19-17-9-10-5-1-4-8-13(10)21(24)25/h1-9H,(H,19,23)(H,20,22). The highest BCUT2D eigenvalue weighted by molar-refractivity contribution is 6.04. The Balaban J connectivity index is 1.86. The largest absolute Gasteiger partial charge is 0.292 e. The van der Waals surface area contributed by atoms with Crippen molar-refractivity contribution in [2.75, 3.05) is 0 Å². The van der Waals surface area contributed by atoms with Crippen molar-refractivity contribution < 1.29 is 9.72 Å². The Morgan fingerprint density at radius 3 is 2.60 bits per heavy atom. The van der Waals surface area contributed by atoms with E-state index < -0.39 is 16.4 Å². The van der Waals surface area contributed by atoms with Crippen molar-refractivity contribution in [1.82, 2.24) is 15.6 Å². The molecule has 0 saturated carbocycles. The maximum atomic E-state index is 12.2. The van der Waals surface area contributed by atoms with Gasteiger partial charge in [-0.25, -0.2) is 10.5 Å². The van der Waals surface area contributed by atoms with E-state index in [1.54, 1.807) is 30.3 Å². The van der Waals surface area contributed by atoms with Crippen LogP contribution in [0.2, 0.25) is 0 Å². The fraction of sp³-hybridized carbons (Fsp3) is 0. The molecule has 0 saturated heterocycles. The summed E-state index contributed by atoms with van der Waals surface area (Å²) in [5.41, 5.74) is 1.95. The number of aromatic nitrogens is 2. The van der Waals surface area contributed by atoms with Gasteiger partial charge in [0, 0.05) is 11.5 Å². The van der Waals surface area contributed by atoms with Crippen LogP contribution >= 0.6 is 0 Å². The number of H-pyrrole nitrogens is 1. The number of rotatable bonds is 4. The van der Waals surface area contributed by atoms with E-state index in [2.05, 4.69) is 20.7 Å². The average Bonchev–Trinajstić information content (AvgIpc) is 2.62. The lowest BCUT2D eigenvalue weighted by molar-refractivity contribution is -0.385. The minimum Gasteiger partial charge on any atom is -0.267 e. The van der Waals surface area contributed by atoms with Gasteiger partial charge in [-0.05, 0) is 12.1 Å². The van der Waals surface area contributed by atoms with Gasteiger partial charge in [-0.15, -0.1) is 0 Å². The first-order valence-corrected chi connectivity index (χ1v) is 7.12. The normalized spacial score (nSPS) is 10.9. The van der Waals surface area contributed by atoms with Crippen LogP contribution in [-0.4, -0.2) is 27.2 Å². The fourth-order valence-corrected chi connectivity index (χ4v) is 2.26. The molecule has 0 atom stereocenters. The minimum atomic E-state index is -0.651. The van der Waals surface area contributed by atoms with Crippen LogP contribution in [0.1, 0.15) is 16.1 Å². The Bertz CT molecular complexity index is 1060. The SMILES string of the molecule is O=C(NN=Cc1ccccc1[N+](=O)[O-])c1n[nH]c(=O)c2ccccc12. The van der Waals surface area contributed by atoms with E-state index in [1.165, 1.54) is 24.4 Å². The molecule has 2 aromatic carbocycles. The lowest BCUT2D eigenvalue weighted by atomic mass is 10.1. The van der Waals surface area contributed by atoms with Crippen molar-refractivity contribution in [2.45, 2.75) is 0 Å². The van der Waals surface area contributed by atoms with E-state index >= 15 is 0 Å². The molecule has 0 bridgehead atoms. The first-order chi connectivity index (χ1) is 12.1. The molecule has 0 unspecified atom stereocenters. The van der Waals surface area contributed by atoms with E-state index in [0.717, 1.165) is 0 Å². The highest BCUT2D eigenvalue weighted by atomic mass is 16.6. The summed E-state index contributed by atoms with van der Waals surface area (Å²) in [5.74, 6) is -0.651. The number of nitro groups is 1. The van der Waals surface area contributed by atoms with Gasteiger partial charge in [0.2, 0.25) is 0 Å². The highest BCUT2D eigenvalue weighted by Crippen LogP contribution is 2.15. The smallest absolute Gasteiger partial charge is 0.267 e. The van der Waals surface area contributed by atoms with Crippen LogP contribution in [0.5, 0.6) is 0 Å². The van der Waals surface area contributed by atoms with Crippen molar-refractivity contribution in [3.8, 4) is 0 Å². The molecule has 0 aliphatic heterocycles. The van der Waals surface area contributed by atoms with Gasteiger partial charge in [0.1, 0.15) is 0 Å². The summed E-state index contributed by atoms with van der Waals surface area (Å²) in [6.45, 7) is 0. The number of carbonyl (C=O) groups is 1. The molecule has 3 aromatic rings. The number of fused-ring (bicyclic) bond motifs is 1. The topological polar surface area (TPSA) is 130 Å². The molecule has 9 heteroatoms. The quantitative estimate of drug-likeness (QED) is 0.424. The molecule has 0 spiro atoms. The summed E-state index contributed by atoms with van der Waals surface area (Å²) in [6.07, 6.45) is 1.17. The van der Waals surface area contributed by atoms with Crippen LogP contribution in [0.3, 0.4) is 0 Å². The summed E-state index contributed by atoms with van der Waals surface area (Å²) in [5, 5.41) is 21.4. The first-order valence-electron chi connectivity index (χ1n) is 7.12. The number of hydrazone groups is 1. The van der Waals surface area contributed by atoms with Crippen LogP contribution in [0.4, 0.5) is 5.69 Å². The zero-order chi connectivity index (χ0) is 17.8. The molecule has 2 N–H and O–H groups in total. The number of amides is 1. The van der Waals surface area contributed by atoms with Crippen LogP contribution in [0, 0.1) is 10.1 Å². The number of nitro benzene ring substituents is 1. The maximum Gasteiger partial charge on any atom is 0.292 e. The highest BCUT2D eigenvalue weighted by Gasteiger charge is 2.14. The van der Waals surface area contributed by atoms with E-state index in [9.17, 15) is 19.7 Å². The Morgan fingerprint density at radius 1 is 1.16 bits per heavy atom. The molecular weight excluding hydrogens is 326 g/mol. The zero-order valence-electron chi connectivity index (χ0n) is 12.7. The summed E-state index contributed by atoms with van der Waals surface area (Å²) < 4.78 is 0. The van der Waals surface area contributed by atoms with Crippen molar-refractivity contribution in [3.05, 3.63) is 80.3 Å². The lowest BCUT2D eigenvalue weighted by Gasteiger charge is -2.03. The van der Waals surface area contributed by atoms with Crippen LogP contribution in [0.25, 0.3) is 10.8 Å². The van der Waals surface area contributed by atoms with Crippen molar-refractivity contribution in [1.29, 1.82) is 0 Å². The second-order valence-electron chi connectivity index (χ2n) is 4.96. The van der Waals surface area contributed by atoms with Gasteiger partial charge >= 0.3 is 0 Å². The third-order valence-corrected chi connectivity index (χ3v) is 3.41. The lowest BCUT2D eigenvalue weighted by Crippen LogP contribution is -2.22. The van der Waals surface area contributed by atoms with E-state index in [-0.39, 0.29) is 16.9 Å². The van der Waals surface area contributed by atoms with Gasteiger partial charge in [-0.1, -0.05) is 30.3 Å². The van der Waals surface area contributed by atoms with E-state index in [1.807, 2.05) is 0 Å². The number of aromatic amines is 1. The molecule has 25 heavy (non-hydrogen) atoms. The molecule has 3 rings (SSSR count). The van der Waals surface area contributed by atoms with Gasteiger partial charge in [0.25, 0.3) is 17.2 Å².